The van der Waals surface area contributed by atoms with Gasteiger partial charge in [0.25, 0.3) is 0 Å². The van der Waals surface area contributed by atoms with Crippen molar-refractivity contribution in [2.45, 2.75) is 32.3 Å². The Balaban J connectivity index is 1.44. The summed E-state index contributed by atoms with van der Waals surface area (Å²) >= 11 is 1.73. The molecule has 0 saturated carbocycles. The van der Waals surface area contributed by atoms with Gasteiger partial charge in [-0.2, -0.15) is 13.2 Å². The lowest BCUT2D eigenvalue weighted by atomic mass is 10.1. The fourth-order valence-corrected chi connectivity index (χ4v) is 3.64. The molecule has 0 fully saturated rings. The van der Waals surface area contributed by atoms with Crippen LogP contribution in [0.2, 0.25) is 0 Å². The van der Waals surface area contributed by atoms with Crippen LogP contribution in [0.4, 0.5) is 18.0 Å². The van der Waals surface area contributed by atoms with Crippen LogP contribution in [-0.4, -0.2) is 30.3 Å². The Morgan fingerprint density at radius 3 is 2.65 bits per heavy atom. The minimum atomic E-state index is -4.32. The van der Waals surface area contributed by atoms with E-state index in [-0.39, 0.29) is 12.6 Å². The van der Waals surface area contributed by atoms with Gasteiger partial charge in [-0.25, -0.2) is 4.79 Å². The summed E-state index contributed by atoms with van der Waals surface area (Å²) in [5.74, 6) is 0. The minimum Gasteiger partial charge on any atom is -0.367 e. The molecule has 1 aliphatic rings. The molecule has 2 amide bonds. The maximum atomic E-state index is 12.3. The maximum Gasteiger partial charge on any atom is 0.411 e. The molecule has 0 spiro atoms. The van der Waals surface area contributed by atoms with Crippen molar-refractivity contribution < 1.29 is 22.7 Å². The summed E-state index contributed by atoms with van der Waals surface area (Å²) in [7, 11) is 0. The molecule has 26 heavy (non-hydrogen) atoms. The summed E-state index contributed by atoms with van der Waals surface area (Å²) in [4.78, 5) is 15.4. The molecule has 3 rings (SSSR count). The second-order valence-electron chi connectivity index (χ2n) is 6.12. The first-order chi connectivity index (χ1) is 12.4. The normalized spacial score (nSPS) is 14.2. The van der Waals surface area contributed by atoms with E-state index in [9.17, 15) is 18.0 Å². The molecule has 1 N–H and O–H groups in total. The number of hydrogen-bond donors (Lipinski definition) is 1. The lowest BCUT2D eigenvalue weighted by molar-refractivity contribution is -0.176. The predicted octanol–water partition coefficient (Wildman–Crippen LogP) is 4.09. The third-order valence-electron chi connectivity index (χ3n) is 4.10. The number of ether oxygens (including phenoxy) is 1. The van der Waals surface area contributed by atoms with Gasteiger partial charge in [0.1, 0.15) is 6.61 Å². The Bertz CT molecular complexity index is 744. The van der Waals surface area contributed by atoms with Gasteiger partial charge >= 0.3 is 12.2 Å². The van der Waals surface area contributed by atoms with Crippen LogP contribution in [0.1, 0.15) is 21.6 Å². The van der Waals surface area contributed by atoms with Gasteiger partial charge in [0.2, 0.25) is 0 Å². The van der Waals surface area contributed by atoms with Crippen LogP contribution >= 0.6 is 11.3 Å². The smallest absolute Gasteiger partial charge is 0.367 e. The van der Waals surface area contributed by atoms with E-state index in [1.807, 2.05) is 5.38 Å². The summed E-state index contributed by atoms with van der Waals surface area (Å²) in [6.45, 7) is 0.347. The molecule has 1 aliphatic heterocycles. The predicted molar refractivity (Wildman–Crippen MR) is 92.8 cm³/mol. The highest BCUT2D eigenvalue weighted by Gasteiger charge is 2.27. The Morgan fingerprint density at radius 2 is 1.92 bits per heavy atom. The van der Waals surface area contributed by atoms with E-state index in [0.717, 1.165) is 12.0 Å². The molecule has 0 aliphatic carbocycles. The zero-order valence-electron chi connectivity index (χ0n) is 14.0. The first kappa shape index (κ1) is 18.7. The van der Waals surface area contributed by atoms with Crippen molar-refractivity contribution in [1.82, 2.24) is 10.2 Å². The van der Waals surface area contributed by atoms with E-state index >= 15 is 0 Å². The Hall–Kier alpha value is -2.06. The first-order valence-electron chi connectivity index (χ1n) is 8.21. The van der Waals surface area contributed by atoms with Crippen molar-refractivity contribution in [2.24, 2.45) is 0 Å². The van der Waals surface area contributed by atoms with Gasteiger partial charge in [0.05, 0.1) is 6.61 Å². The molecule has 2 heterocycles. The molecular formula is C18H19F3N2O2S. The SMILES string of the molecule is O=C(NCc1ccc(COCC(F)(F)F)cc1)N1CCc2sccc2C1. The van der Waals surface area contributed by atoms with E-state index in [0.29, 0.717) is 25.2 Å². The summed E-state index contributed by atoms with van der Waals surface area (Å²) in [5, 5.41) is 4.93. The fourth-order valence-electron chi connectivity index (χ4n) is 2.75. The average molecular weight is 384 g/mol. The molecule has 140 valence electrons. The number of carbonyl (C=O) groups excluding carboxylic acids is 1. The summed E-state index contributed by atoms with van der Waals surface area (Å²) in [6, 6.07) is 8.91. The van der Waals surface area contributed by atoms with Crippen molar-refractivity contribution >= 4 is 17.4 Å². The van der Waals surface area contributed by atoms with Crippen molar-refractivity contribution in [2.75, 3.05) is 13.2 Å². The quantitative estimate of drug-likeness (QED) is 0.844. The van der Waals surface area contributed by atoms with Gasteiger partial charge in [-0.3, -0.25) is 0 Å². The van der Waals surface area contributed by atoms with E-state index in [4.69, 9.17) is 0 Å². The Morgan fingerprint density at radius 1 is 1.19 bits per heavy atom. The van der Waals surface area contributed by atoms with Crippen molar-refractivity contribution in [1.29, 1.82) is 0 Å². The van der Waals surface area contributed by atoms with Crippen LogP contribution in [0.15, 0.2) is 35.7 Å². The fraction of sp³-hybridized carbons (Fsp3) is 0.389. The van der Waals surface area contributed by atoms with Crippen LogP contribution in [0.25, 0.3) is 0 Å². The van der Waals surface area contributed by atoms with Gasteiger partial charge in [0.15, 0.2) is 0 Å². The van der Waals surface area contributed by atoms with Crippen LogP contribution in [0, 0.1) is 0 Å². The number of rotatable bonds is 5. The third kappa shape index (κ3) is 5.22. The molecule has 2 aromatic rings. The monoisotopic (exact) mass is 384 g/mol. The summed E-state index contributed by atoms with van der Waals surface area (Å²) in [6.07, 6.45) is -3.44. The molecule has 1 aromatic carbocycles. The van der Waals surface area contributed by atoms with Crippen molar-refractivity contribution in [3.05, 3.63) is 57.3 Å². The van der Waals surface area contributed by atoms with E-state index in [2.05, 4.69) is 16.1 Å². The molecule has 8 heteroatoms. The number of urea groups is 1. The van der Waals surface area contributed by atoms with Gasteiger partial charge < -0.3 is 15.0 Å². The molecule has 0 saturated heterocycles. The summed E-state index contributed by atoms with van der Waals surface area (Å²) < 4.78 is 40.8. The number of fused-ring (bicyclic) bond motifs is 1. The van der Waals surface area contributed by atoms with Crippen molar-refractivity contribution in [3.8, 4) is 0 Å². The Kier molecular flexibility index (Phi) is 5.83. The number of thiophene rings is 1. The van der Waals surface area contributed by atoms with Gasteiger partial charge in [-0.05, 0) is 34.6 Å². The number of amides is 2. The lowest BCUT2D eigenvalue weighted by Crippen LogP contribution is -2.42. The Labute approximate surface area is 153 Å². The topological polar surface area (TPSA) is 41.6 Å². The largest absolute Gasteiger partial charge is 0.411 e. The van der Waals surface area contributed by atoms with E-state index in [1.54, 1.807) is 40.5 Å². The number of benzene rings is 1. The molecule has 0 atom stereocenters. The van der Waals surface area contributed by atoms with Crippen molar-refractivity contribution in [3.63, 3.8) is 0 Å². The third-order valence-corrected chi connectivity index (χ3v) is 5.12. The zero-order valence-corrected chi connectivity index (χ0v) is 14.8. The molecule has 4 nitrogen and oxygen atoms in total. The second-order valence-corrected chi connectivity index (χ2v) is 7.12. The number of halogens is 3. The van der Waals surface area contributed by atoms with Crippen LogP contribution in [-0.2, 0) is 30.9 Å². The van der Waals surface area contributed by atoms with E-state index < -0.39 is 12.8 Å². The molecular weight excluding hydrogens is 365 g/mol. The van der Waals surface area contributed by atoms with Gasteiger partial charge in [-0.15, -0.1) is 11.3 Å². The number of nitrogens with one attached hydrogen (secondary N) is 1. The number of hydrogen-bond acceptors (Lipinski definition) is 3. The van der Waals surface area contributed by atoms with Crippen LogP contribution in [0.5, 0.6) is 0 Å². The zero-order chi connectivity index (χ0) is 18.6. The molecule has 0 bridgehead atoms. The van der Waals surface area contributed by atoms with Crippen LogP contribution < -0.4 is 5.32 Å². The van der Waals surface area contributed by atoms with Gasteiger partial charge in [-0.1, -0.05) is 24.3 Å². The number of nitrogens with zero attached hydrogens (tertiary/aromatic N) is 1. The molecule has 0 unspecified atom stereocenters. The highest BCUT2D eigenvalue weighted by Crippen LogP contribution is 2.24. The molecule has 1 aromatic heterocycles. The molecule has 0 radical (unpaired) electrons. The summed E-state index contributed by atoms with van der Waals surface area (Å²) in [5.41, 5.74) is 2.75. The maximum absolute atomic E-state index is 12.3. The minimum absolute atomic E-state index is 0.0943. The highest BCUT2D eigenvalue weighted by molar-refractivity contribution is 7.10. The lowest BCUT2D eigenvalue weighted by Gasteiger charge is -2.27. The average Bonchev–Trinajstić information content (AvgIpc) is 3.07. The first-order valence-corrected chi connectivity index (χ1v) is 9.09. The van der Waals surface area contributed by atoms with Gasteiger partial charge in [0, 0.05) is 24.5 Å². The van der Waals surface area contributed by atoms with Crippen LogP contribution in [0.3, 0.4) is 0 Å². The van der Waals surface area contributed by atoms with E-state index in [1.165, 1.54) is 10.4 Å². The standard InChI is InChI=1S/C18H19F3N2O2S/c19-18(20,21)12-25-11-14-3-1-13(2-4-14)9-22-17(24)23-7-5-16-15(10-23)6-8-26-16/h1-4,6,8H,5,7,9-12H2,(H,22,24). The number of alkyl halides is 3. The number of carbonyl (C=O) groups is 1. The second kappa shape index (κ2) is 8.09. The highest BCUT2D eigenvalue weighted by atomic mass is 32.1.